The van der Waals surface area contributed by atoms with Crippen molar-refractivity contribution in [2.75, 3.05) is 14.1 Å². The number of likely N-dealkylation sites (N-methyl/N-ethyl adjacent to an activating group) is 1. The van der Waals surface area contributed by atoms with E-state index >= 15 is 0 Å². The number of rotatable bonds is 2. The number of aliphatic hydroxyl groups excluding tert-OH is 2. The molecule has 4 rings (SSSR count). The molecule has 1 saturated carbocycles. The molecule has 3 aliphatic carbocycles. The second kappa shape index (κ2) is 7.04. The molecule has 3 aliphatic rings. The van der Waals surface area contributed by atoms with Crippen LogP contribution in [0.25, 0.3) is 5.76 Å². The van der Waals surface area contributed by atoms with E-state index in [0.29, 0.717) is 0 Å². The summed E-state index contributed by atoms with van der Waals surface area (Å²) in [6.07, 6.45) is -0.259. The van der Waals surface area contributed by atoms with Gasteiger partial charge in [-0.05, 0) is 39.6 Å². The van der Waals surface area contributed by atoms with Crippen LogP contribution in [0, 0.1) is 11.8 Å². The molecule has 0 aliphatic heterocycles. The number of nitrogens with two attached hydrogens (primary N) is 1. The Balaban J connectivity index is 2.07. The molecule has 33 heavy (non-hydrogen) atoms. The van der Waals surface area contributed by atoms with Gasteiger partial charge in [0.05, 0.1) is 17.2 Å². The van der Waals surface area contributed by atoms with Gasteiger partial charge < -0.3 is 31.3 Å². The highest BCUT2D eigenvalue weighted by atomic mass is 35.5. The lowest BCUT2D eigenvalue weighted by molar-refractivity contribution is -0.159. The van der Waals surface area contributed by atoms with Crippen LogP contribution >= 0.6 is 11.6 Å². The van der Waals surface area contributed by atoms with E-state index in [1.807, 2.05) is 0 Å². The number of carbonyl (C=O) groups is 3. The van der Waals surface area contributed by atoms with Gasteiger partial charge in [0.2, 0.25) is 5.78 Å². The highest BCUT2D eigenvalue weighted by molar-refractivity contribution is 6.32. The number of benzene rings is 1. The molecule has 1 aromatic rings. The van der Waals surface area contributed by atoms with Crippen molar-refractivity contribution in [1.82, 2.24) is 4.90 Å². The van der Waals surface area contributed by atoms with E-state index in [0.717, 1.165) is 0 Å². The molecule has 0 spiro atoms. The molecule has 10 nitrogen and oxygen atoms in total. The van der Waals surface area contributed by atoms with Crippen LogP contribution in [0.1, 0.15) is 24.5 Å². The number of fused-ring (bicyclic) bond motifs is 3. The molecule has 1 amide bonds. The molecule has 0 bridgehead atoms. The fraction of sp³-hybridized carbons (Fsp3) is 0.409. The van der Waals surface area contributed by atoms with Gasteiger partial charge in [0.25, 0.3) is 5.91 Å². The average molecular weight is 479 g/mol. The van der Waals surface area contributed by atoms with Crippen molar-refractivity contribution in [2.24, 2.45) is 17.6 Å². The molecule has 1 aromatic carbocycles. The summed E-state index contributed by atoms with van der Waals surface area (Å²) < 4.78 is 0. The molecule has 0 aromatic heterocycles. The molecule has 0 radical (unpaired) electrons. The molecule has 5 atom stereocenters. The lowest BCUT2D eigenvalue weighted by atomic mass is 9.54. The number of aliphatic hydroxyl groups is 4. The topological polar surface area (TPSA) is 182 Å². The number of ketones is 2. The number of phenols is 1. The highest BCUT2D eigenvalue weighted by Crippen LogP contribution is 2.58. The van der Waals surface area contributed by atoms with Crippen molar-refractivity contribution in [1.29, 1.82) is 0 Å². The summed E-state index contributed by atoms with van der Waals surface area (Å²) in [5.41, 5.74) is -1.10. The lowest BCUT2D eigenvalue weighted by Gasteiger charge is -2.53. The van der Waals surface area contributed by atoms with E-state index in [1.165, 1.54) is 38.1 Å². The predicted molar refractivity (Wildman–Crippen MR) is 115 cm³/mol. The monoisotopic (exact) mass is 478 g/mol. The summed E-state index contributed by atoms with van der Waals surface area (Å²) >= 11 is 6.28. The highest BCUT2D eigenvalue weighted by Gasteiger charge is 2.66. The first-order chi connectivity index (χ1) is 15.2. The Morgan fingerprint density at radius 2 is 1.79 bits per heavy atom. The van der Waals surface area contributed by atoms with Crippen LogP contribution in [-0.2, 0) is 20.0 Å². The number of hydrogen-bond donors (Lipinski definition) is 6. The maximum absolute atomic E-state index is 13.7. The van der Waals surface area contributed by atoms with Crippen LogP contribution in [0.5, 0.6) is 5.75 Å². The Labute approximate surface area is 193 Å². The van der Waals surface area contributed by atoms with Crippen LogP contribution in [0.3, 0.4) is 0 Å². The molecular weight excluding hydrogens is 456 g/mol. The van der Waals surface area contributed by atoms with Gasteiger partial charge in [0, 0.05) is 28.0 Å². The van der Waals surface area contributed by atoms with E-state index in [2.05, 4.69) is 0 Å². The first-order valence-electron chi connectivity index (χ1n) is 10.1. The standard InChI is InChI=1S/C22H23ClN2O8/c1-21(32)7-6-8-15(25(2)3)17(28)13(20(24)31)19(30)22(8,33)18(29)11(7)16(27)12-10(26)5-4-9(23)14(12)21/h4-5,7-8,15,26-27,30,32-33H,6H2,1-3H3,(H2,24,31)/t7?,8?,15-,21+,22?/m0/s1. The lowest BCUT2D eigenvalue weighted by Crippen LogP contribution is -2.67. The Morgan fingerprint density at radius 1 is 1.18 bits per heavy atom. The number of aromatic hydroxyl groups is 1. The summed E-state index contributed by atoms with van der Waals surface area (Å²) in [6, 6.07) is 1.24. The van der Waals surface area contributed by atoms with Gasteiger partial charge in [-0.2, -0.15) is 0 Å². The van der Waals surface area contributed by atoms with E-state index in [-0.39, 0.29) is 22.6 Å². The predicted octanol–water partition coefficient (Wildman–Crippen LogP) is 0.282. The third-order valence-corrected chi connectivity index (χ3v) is 7.39. The number of primary amides is 1. The fourth-order valence-corrected chi connectivity index (χ4v) is 5.93. The van der Waals surface area contributed by atoms with Gasteiger partial charge in [-0.3, -0.25) is 19.3 Å². The molecule has 1 fully saturated rings. The van der Waals surface area contributed by atoms with Crippen molar-refractivity contribution >= 4 is 34.8 Å². The maximum atomic E-state index is 13.7. The largest absolute Gasteiger partial charge is 0.508 e. The number of phenolic OH excluding ortho intramolecular Hbond substituents is 1. The van der Waals surface area contributed by atoms with Crippen LogP contribution in [-0.4, -0.2) is 73.6 Å². The smallest absolute Gasteiger partial charge is 0.255 e. The van der Waals surface area contributed by atoms with E-state index in [1.54, 1.807) is 0 Å². The first kappa shape index (κ1) is 23.2. The summed E-state index contributed by atoms with van der Waals surface area (Å²) in [5, 5.41) is 55.2. The molecule has 3 unspecified atom stereocenters. The minimum atomic E-state index is -2.78. The number of amides is 1. The SMILES string of the molecule is CN(C)[C@@H]1C(=O)C(C(N)=O)=C(O)C2(O)C(=O)C3=C(O)c4c(O)ccc(Cl)c4[C@](C)(O)C3CC12. The van der Waals surface area contributed by atoms with Crippen molar-refractivity contribution in [3.63, 3.8) is 0 Å². The summed E-state index contributed by atoms with van der Waals surface area (Å²) in [4.78, 5) is 40.1. The molecular formula is C22H23ClN2O8. The number of hydrogen-bond acceptors (Lipinski definition) is 9. The second-order valence-corrected chi connectivity index (χ2v) is 9.48. The van der Waals surface area contributed by atoms with Gasteiger partial charge in [-0.25, -0.2) is 0 Å². The number of Topliss-reactive ketones (excluding diaryl/α,β-unsaturated/α-hetero) is 2. The van der Waals surface area contributed by atoms with E-state index < -0.39 is 75.0 Å². The summed E-state index contributed by atoms with van der Waals surface area (Å²) in [6.45, 7) is 1.34. The van der Waals surface area contributed by atoms with Gasteiger partial charge in [0.1, 0.15) is 22.8 Å². The first-order valence-corrected chi connectivity index (χ1v) is 10.5. The van der Waals surface area contributed by atoms with Crippen LogP contribution in [0.2, 0.25) is 5.02 Å². The van der Waals surface area contributed by atoms with Crippen LogP contribution < -0.4 is 5.73 Å². The van der Waals surface area contributed by atoms with Crippen molar-refractivity contribution in [2.45, 2.75) is 30.6 Å². The zero-order chi connectivity index (χ0) is 24.8. The Morgan fingerprint density at radius 3 is 2.33 bits per heavy atom. The van der Waals surface area contributed by atoms with Gasteiger partial charge >= 0.3 is 0 Å². The van der Waals surface area contributed by atoms with Crippen LogP contribution in [0.15, 0.2) is 29.0 Å². The minimum Gasteiger partial charge on any atom is -0.508 e. The third kappa shape index (κ3) is 2.75. The molecule has 11 heteroatoms. The second-order valence-electron chi connectivity index (χ2n) is 9.08. The number of halogens is 1. The number of nitrogens with zero attached hydrogens (tertiary/aromatic N) is 1. The number of carbonyl (C=O) groups excluding carboxylic acids is 3. The van der Waals surface area contributed by atoms with Crippen molar-refractivity contribution in [3.05, 3.63) is 45.2 Å². The Kier molecular flexibility index (Phi) is 4.96. The van der Waals surface area contributed by atoms with Crippen molar-refractivity contribution in [3.8, 4) is 5.75 Å². The van der Waals surface area contributed by atoms with Gasteiger partial charge in [-0.1, -0.05) is 11.6 Å². The molecule has 0 saturated heterocycles. The summed E-state index contributed by atoms with van der Waals surface area (Å²) in [7, 11) is 2.97. The molecule has 176 valence electrons. The van der Waals surface area contributed by atoms with Crippen molar-refractivity contribution < 1.29 is 39.9 Å². The molecule has 7 N–H and O–H groups in total. The normalized spacial score (nSPS) is 33.7. The zero-order valence-electron chi connectivity index (χ0n) is 18.0. The fourth-order valence-electron chi connectivity index (χ4n) is 5.58. The molecule has 0 heterocycles. The quantitative estimate of drug-likeness (QED) is 0.325. The van der Waals surface area contributed by atoms with E-state index in [4.69, 9.17) is 17.3 Å². The Bertz CT molecular complexity index is 1200. The zero-order valence-corrected chi connectivity index (χ0v) is 18.7. The van der Waals surface area contributed by atoms with E-state index in [9.17, 15) is 39.9 Å². The maximum Gasteiger partial charge on any atom is 0.255 e. The van der Waals surface area contributed by atoms with Gasteiger partial charge in [0.15, 0.2) is 11.4 Å². The third-order valence-electron chi connectivity index (χ3n) is 7.07. The van der Waals surface area contributed by atoms with Crippen LogP contribution in [0.4, 0.5) is 0 Å². The average Bonchev–Trinajstić information content (AvgIpc) is 2.69. The Hall–Kier alpha value is -2.92. The van der Waals surface area contributed by atoms with Gasteiger partial charge in [-0.15, -0.1) is 0 Å². The minimum absolute atomic E-state index is 0.0187. The summed E-state index contributed by atoms with van der Waals surface area (Å²) in [5.74, 6) is -8.30.